The van der Waals surface area contributed by atoms with Crippen LogP contribution >= 0.6 is 0 Å². The van der Waals surface area contributed by atoms with Gasteiger partial charge < -0.3 is 10.6 Å². The molecule has 2 nitrogen and oxygen atoms in total. The van der Waals surface area contributed by atoms with Gasteiger partial charge >= 0.3 is 0 Å². The number of hydrogen-bond donors (Lipinski definition) is 2. The van der Waals surface area contributed by atoms with Crippen molar-refractivity contribution in [3.8, 4) is 0 Å². The summed E-state index contributed by atoms with van der Waals surface area (Å²) in [5, 5.41) is 7.37. The van der Waals surface area contributed by atoms with Gasteiger partial charge in [-0.25, -0.2) is 0 Å². The molecule has 0 unspecified atom stereocenters. The summed E-state index contributed by atoms with van der Waals surface area (Å²) in [7, 11) is 0. The molecule has 0 bridgehead atoms. The van der Waals surface area contributed by atoms with Gasteiger partial charge in [-0.3, -0.25) is 0 Å². The molecule has 26 heavy (non-hydrogen) atoms. The van der Waals surface area contributed by atoms with E-state index in [0.717, 1.165) is 11.4 Å². The molecule has 0 aliphatic rings. The normalized spacial score (nSPS) is 11.8. The fraction of sp³-hybridized carbons (Fsp3) is 0.250. The Labute approximate surface area is 157 Å². The van der Waals surface area contributed by atoms with Crippen LogP contribution in [0.15, 0.2) is 84.9 Å². The Balaban J connectivity index is 1.94. The van der Waals surface area contributed by atoms with Crippen LogP contribution in [0.3, 0.4) is 0 Å². The lowest BCUT2D eigenvalue weighted by atomic mass is 9.81. The molecule has 0 aliphatic carbocycles. The smallest absolute Gasteiger partial charge is 0.0572 e. The van der Waals surface area contributed by atoms with Gasteiger partial charge in [0.1, 0.15) is 0 Å². The van der Waals surface area contributed by atoms with Gasteiger partial charge in [-0.2, -0.15) is 0 Å². The van der Waals surface area contributed by atoms with Gasteiger partial charge in [0.05, 0.1) is 11.1 Å². The molecule has 0 spiro atoms. The van der Waals surface area contributed by atoms with Gasteiger partial charge in [-0.1, -0.05) is 60.7 Å². The number of nitrogens with one attached hydrogen (secondary N) is 2. The minimum atomic E-state index is -0.201. The number of benzene rings is 3. The van der Waals surface area contributed by atoms with Gasteiger partial charge in [0, 0.05) is 11.4 Å². The van der Waals surface area contributed by atoms with Crippen LogP contribution in [0.5, 0.6) is 0 Å². The third kappa shape index (κ3) is 4.08. The van der Waals surface area contributed by atoms with Crippen LogP contribution in [-0.2, 0) is 11.1 Å². The van der Waals surface area contributed by atoms with Gasteiger partial charge in [0.25, 0.3) is 0 Å². The quantitative estimate of drug-likeness (QED) is 0.542. The molecule has 0 heterocycles. The minimum Gasteiger partial charge on any atom is -0.376 e. The molecule has 134 valence electrons. The van der Waals surface area contributed by atoms with E-state index in [2.05, 4.69) is 111 Å². The maximum Gasteiger partial charge on any atom is 0.0572 e. The zero-order valence-electron chi connectivity index (χ0n) is 16.1. The van der Waals surface area contributed by atoms with Gasteiger partial charge in [-0.05, 0) is 63.1 Å². The predicted octanol–water partition coefficient (Wildman–Crippen LogP) is 6.38. The lowest BCUT2D eigenvalue weighted by Gasteiger charge is -2.36. The molecule has 0 saturated heterocycles. The summed E-state index contributed by atoms with van der Waals surface area (Å²) in [4.78, 5) is 0. The number of para-hydroxylation sites is 2. The van der Waals surface area contributed by atoms with Crippen LogP contribution in [0.4, 0.5) is 11.4 Å². The van der Waals surface area contributed by atoms with Crippen molar-refractivity contribution in [2.45, 2.75) is 38.8 Å². The zero-order valence-corrected chi connectivity index (χ0v) is 16.1. The number of anilines is 2. The number of hydrogen-bond acceptors (Lipinski definition) is 2. The summed E-state index contributed by atoms with van der Waals surface area (Å²) in [5.41, 5.74) is 4.43. The minimum absolute atomic E-state index is 0.201. The largest absolute Gasteiger partial charge is 0.376 e. The van der Waals surface area contributed by atoms with Crippen molar-refractivity contribution >= 4 is 11.4 Å². The standard InChI is InChI=1S/C24H28N2/c1-23(2,25-19-13-7-5-8-14-19)21-17-11-12-18-22(21)24(3,4)26-20-15-9-6-10-16-20/h5-18,25-26H,1-4H3. The van der Waals surface area contributed by atoms with E-state index in [1.54, 1.807) is 0 Å². The summed E-state index contributed by atoms with van der Waals surface area (Å²) in [5.74, 6) is 0. The molecule has 0 radical (unpaired) electrons. The fourth-order valence-electron chi connectivity index (χ4n) is 3.47. The molecule has 0 saturated carbocycles. The number of rotatable bonds is 6. The average molecular weight is 345 g/mol. The second kappa shape index (κ2) is 7.25. The lowest BCUT2D eigenvalue weighted by Crippen LogP contribution is -2.35. The van der Waals surface area contributed by atoms with Crippen LogP contribution in [-0.4, -0.2) is 0 Å². The van der Waals surface area contributed by atoms with Gasteiger partial charge in [0.15, 0.2) is 0 Å². The van der Waals surface area contributed by atoms with Crippen LogP contribution < -0.4 is 10.6 Å². The molecule has 0 fully saturated rings. The molecule has 3 rings (SSSR count). The summed E-state index contributed by atoms with van der Waals surface area (Å²) in [6.07, 6.45) is 0. The van der Waals surface area contributed by atoms with Crippen LogP contribution in [0.1, 0.15) is 38.8 Å². The third-order valence-corrected chi connectivity index (χ3v) is 4.74. The van der Waals surface area contributed by atoms with Crippen molar-refractivity contribution in [2.24, 2.45) is 0 Å². The Morgan fingerprint density at radius 1 is 0.462 bits per heavy atom. The molecule has 2 N–H and O–H groups in total. The van der Waals surface area contributed by atoms with Crippen molar-refractivity contribution < 1.29 is 0 Å². The first-order valence-corrected chi connectivity index (χ1v) is 9.15. The van der Waals surface area contributed by atoms with E-state index < -0.39 is 0 Å². The van der Waals surface area contributed by atoms with Gasteiger partial charge in [-0.15, -0.1) is 0 Å². The molecule has 0 amide bonds. The highest BCUT2D eigenvalue weighted by Crippen LogP contribution is 2.35. The molecule has 0 aliphatic heterocycles. The maximum atomic E-state index is 3.68. The van der Waals surface area contributed by atoms with Crippen LogP contribution in [0.25, 0.3) is 0 Å². The van der Waals surface area contributed by atoms with Crippen molar-refractivity contribution in [2.75, 3.05) is 10.6 Å². The van der Waals surface area contributed by atoms with Crippen molar-refractivity contribution in [1.82, 2.24) is 0 Å². The third-order valence-electron chi connectivity index (χ3n) is 4.74. The second-order valence-corrected chi connectivity index (χ2v) is 7.78. The molecule has 2 heteroatoms. The van der Waals surface area contributed by atoms with E-state index in [1.165, 1.54) is 11.1 Å². The summed E-state index contributed by atoms with van der Waals surface area (Å²) < 4.78 is 0. The summed E-state index contributed by atoms with van der Waals surface area (Å²) in [6.45, 7) is 8.93. The highest BCUT2D eigenvalue weighted by atomic mass is 15.0. The van der Waals surface area contributed by atoms with Crippen LogP contribution in [0, 0.1) is 0 Å². The molecule has 0 aromatic heterocycles. The predicted molar refractivity (Wildman–Crippen MR) is 113 cm³/mol. The SMILES string of the molecule is CC(C)(Nc1ccccc1)c1ccccc1C(C)(C)Nc1ccccc1. The first-order valence-electron chi connectivity index (χ1n) is 9.15. The molecule has 0 atom stereocenters. The highest BCUT2D eigenvalue weighted by Gasteiger charge is 2.30. The summed E-state index contributed by atoms with van der Waals surface area (Å²) >= 11 is 0. The van der Waals surface area contributed by atoms with E-state index in [9.17, 15) is 0 Å². The Morgan fingerprint density at radius 3 is 1.12 bits per heavy atom. The van der Waals surface area contributed by atoms with E-state index in [4.69, 9.17) is 0 Å². The molecule has 3 aromatic rings. The Hall–Kier alpha value is -2.74. The molecule has 3 aromatic carbocycles. The van der Waals surface area contributed by atoms with E-state index in [1.807, 2.05) is 12.1 Å². The Kier molecular flexibility index (Phi) is 5.03. The summed E-state index contributed by atoms with van der Waals surface area (Å²) in [6, 6.07) is 29.4. The second-order valence-electron chi connectivity index (χ2n) is 7.78. The Morgan fingerprint density at radius 2 is 0.769 bits per heavy atom. The van der Waals surface area contributed by atoms with Crippen molar-refractivity contribution in [3.63, 3.8) is 0 Å². The Bertz CT molecular complexity index is 764. The fourth-order valence-corrected chi connectivity index (χ4v) is 3.47. The van der Waals surface area contributed by atoms with Crippen molar-refractivity contribution in [1.29, 1.82) is 0 Å². The molecular formula is C24H28N2. The monoisotopic (exact) mass is 344 g/mol. The topological polar surface area (TPSA) is 24.1 Å². The van der Waals surface area contributed by atoms with E-state index in [0.29, 0.717) is 0 Å². The first kappa shape index (κ1) is 18.1. The molecular weight excluding hydrogens is 316 g/mol. The lowest BCUT2D eigenvalue weighted by molar-refractivity contribution is 0.549. The average Bonchev–Trinajstić information content (AvgIpc) is 2.63. The van der Waals surface area contributed by atoms with Crippen molar-refractivity contribution in [3.05, 3.63) is 96.1 Å². The van der Waals surface area contributed by atoms with E-state index in [-0.39, 0.29) is 11.1 Å². The zero-order chi connectivity index (χ0) is 18.6. The van der Waals surface area contributed by atoms with Gasteiger partial charge in [0.2, 0.25) is 0 Å². The van der Waals surface area contributed by atoms with E-state index >= 15 is 0 Å². The highest BCUT2D eigenvalue weighted by molar-refractivity contribution is 5.52. The first-order chi connectivity index (χ1) is 12.4. The van der Waals surface area contributed by atoms with Crippen LogP contribution in [0.2, 0.25) is 0 Å². The maximum absolute atomic E-state index is 3.68.